The summed E-state index contributed by atoms with van der Waals surface area (Å²) in [5.74, 6) is 1.04. The molecule has 0 spiro atoms. The van der Waals surface area contributed by atoms with Crippen LogP contribution in [0.5, 0.6) is 5.75 Å². The Bertz CT molecular complexity index is 436. The predicted octanol–water partition coefficient (Wildman–Crippen LogP) is 2.45. The predicted molar refractivity (Wildman–Crippen MR) is 71.0 cm³/mol. The molecule has 1 atom stereocenters. The molecule has 0 amide bonds. The molecule has 0 saturated carbocycles. The van der Waals surface area contributed by atoms with Crippen LogP contribution in [-0.2, 0) is 11.2 Å². The van der Waals surface area contributed by atoms with Gasteiger partial charge in [-0.05, 0) is 49.9 Å². The maximum absolute atomic E-state index is 6.01. The van der Waals surface area contributed by atoms with Gasteiger partial charge < -0.3 is 14.8 Å². The maximum Gasteiger partial charge on any atom is 0.123 e. The van der Waals surface area contributed by atoms with Crippen LogP contribution in [0.15, 0.2) is 18.2 Å². The van der Waals surface area contributed by atoms with E-state index in [9.17, 15) is 0 Å². The van der Waals surface area contributed by atoms with E-state index in [1.165, 1.54) is 11.1 Å². The lowest BCUT2D eigenvalue weighted by Crippen LogP contribution is -2.34. The summed E-state index contributed by atoms with van der Waals surface area (Å²) in [5, 5.41) is 3.37. The lowest BCUT2D eigenvalue weighted by Gasteiger charge is -2.33. The van der Waals surface area contributed by atoms with Crippen LogP contribution >= 0.6 is 0 Å². The molecule has 0 aliphatic carbocycles. The van der Waals surface area contributed by atoms with Crippen molar-refractivity contribution >= 4 is 0 Å². The molecule has 0 bridgehead atoms. The molecule has 1 saturated heterocycles. The number of fused-ring (bicyclic) bond motifs is 1. The molecule has 0 aromatic heterocycles. The Morgan fingerprint density at radius 3 is 3.00 bits per heavy atom. The molecule has 2 aliphatic rings. The molecule has 1 aromatic rings. The average molecular weight is 247 g/mol. The number of rotatable bonds is 1. The zero-order chi connectivity index (χ0) is 12.6. The van der Waals surface area contributed by atoms with Crippen molar-refractivity contribution in [3.8, 4) is 5.75 Å². The van der Waals surface area contributed by atoms with Gasteiger partial charge in [0, 0.05) is 13.1 Å². The van der Waals surface area contributed by atoms with Gasteiger partial charge in [0.15, 0.2) is 0 Å². The first-order valence-corrected chi connectivity index (χ1v) is 6.78. The lowest BCUT2D eigenvalue weighted by molar-refractivity contribution is 0.0273. The number of nitrogens with one attached hydrogen (secondary N) is 1. The molecule has 0 radical (unpaired) electrons. The molecule has 1 fully saturated rings. The van der Waals surface area contributed by atoms with Crippen LogP contribution in [0.25, 0.3) is 0 Å². The van der Waals surface area contributed by atoms with Crippen molar-refractivity contribution in [1.82, 2.24) is 5.32 Å². The van der Waals surface area contributed by atoms with Crippen molar-refractivity contribution in [2.45, 2.75) is 38.4 Å². The van der Waals surface area contributed by atoms with Crippen molar-refractivity contribution in [2.75, 3.05) is 19.7 Å². The van der Waals surface area contributed by atoms with E-state index in [-0.39, 0.29) is 11.7 Å². The first-order valence-electron chi connectivity index (χ1n) is 6.78. The summed E-state index contributed by atoms with van der Waals surface area (Å²) in [6.45, 7) is 6.96. The second-order valence-corrected chi connectivity index (χ2v) is 5.79. The third kappa shape index (κ3) is 2.38. The monoisotopic (exact) mass is 247 g/mol. The van der Waals surface area contributed by atoms with Gasteiger partial charge in [0.05, 0.1) is 12.7 Å². The van der Waals surface area contributed by atoms with Crippen molar-refractivity contribution in [2.24, 2.45) is 0 Å². The van der Waals surface area contributed by atoms with Crippen molar-refractivity contribution in [3.63, 3.8) is 0 Å². The van der Waals surface area contributed by atoms with Gasteiger partial charge in [0.25, 0.3) is 0 Å². The summed E-state index contributed by atoms with van der Waals surface area (Å²) in [7, 11) is 0. The Labute approximate surface area is 108 Å². The van der Waals surface area contributed by atoms with Crippen molar-refractivity contribution in [3.05, 3.63) is 29.3 Å². The highest BCUT2D eigenvalue weighted by molar-refractivity contribution is 5.40. The lowest BCUT2D eigenvalue weighted by atomic mass is 9.92. The quantitative estimate of drug-likeness (QED) is 0.827. The van der Waals surface area contributed by atoms with E-state index in [1.54, 1.807) is 0 Å². The van der Waals surface area contributed by atoms with E-state index in [0.717, 1.165) is 38.3 Å². The fraction of sp³-hybridized carbons (Fsp3) is 0.600. The number of benzene rings is 1. The normalized spacial score (nSPS) is 26.2. The third-order valence-corrected chi connectivity index (χ3v) is 3.77. The number of morpholine rings is 1. The summed E-state index contributed by atoms with van der Waals surface area (Å²) in [6.07, 6.45) is 2.36. The highest BCUT2D eigenvalue weighted by Gasteiger charge is 2.27. The van der Waals surface area contributed by atoms with E-state index >= 15 is 0 Å². The highest BCUT2D eigenvalue weighted by Crippen LogP contribution is 2.35. The van der Waals surface area contributed by atoms with Crippen LogP contribution in [0.1, 0.15) is 37.5 Å². The average Bonchev–Trinajstić information content (AvgIpc) is 2.38. The molecule has 98 valence electrons. The summed E-state index contributed by atoms with van der Waals surface area (Å²) >= 11 is 0. The van der Waals surface area contributed by atoms with Crippen LogP contribution < -0.4 is 10.1 Å². The zero-order valence-corrected chi connectivity index (χ0v) is 11.2. The van der Waals surface area contributed by atoms with Gasteiger partial charge in [0.2, 0.25) is 0 Å². The SMILES string of the molecule is CC1(C)CCc2cc(C3CNCCO3)ccc2O1. The molecule has 3 rings (SSSR count). The zero-order valence-electron chi connectivity index (χ0n) is 11.2. The second kappa shape index (κ2) is 4.56. The smallest absolute Gasteiger partial charge is 0.123 e. The number of aryl methyl sites for hydroxylation is 1. The van der Waals surface area contributed by atoms with Gasteiger partial charge in [0.1, 0.15) is 11.4 Å². The molecule has 3 nitrogen and oxygen atoms in total. The Morgan fingerprint density at radius 1 is 1.33 bits per heavy atom. The topological polar surface area (TPSA) is 30.5 Å². The van der Waals surface area contributed by atoms with E-state index in [0.29, 0.717) is 0 Å². The minimum Gasteiger partial charge on any atom is -0.488 e. The minimum atomic E-state index is -0.0303. The summed E-state index contributed by atoms with van der Waals surface area (Å²) in [5.41, 5.74) is 2.56. The van der Waals surface area contributed by atoms with Crippen LogP contribution in [0.3, 0.4) is 0 Å². The van der Waals surface area contributed by atoms with E-state index in [1.807, 2.05) is 0 Å². The molecular weight excluding hydrogens is 226 g/mol. The van der Waals surface area contributed by atoms with Gasteiger partial charge in [-0.3, -0.25) is 0 Å². The summed E-state index contributed by atoms with van der Waals surface area (Å²) in [4.78, 5) is 0. The van der Waals surface area contributed by atoms with Crippen LogP contribution in [0, 0.1) is 0 Å². The summed E-state index contributed by atoms with van der Waals surface area (Å²) < 4.78 is 11.8. The number of hydrogen-bond acceptors (Lipinski definition) is 3. The van der Waals surface area contributed by atoms with E-state index in [4.69, 9.17) is 9.47 Å². The molecular formula is C15H21NO2. The molecule has 1 unspecified atom stereocenters. The maximum atomic E-state index is 6.01. The largest absolute Gasteiger partial charge is 0.488 e. The van der Waals surface area contributed by atoms with Crippen LogP contribution in [-0.4, -0.2) is 25.3 Å². The Kier molecular flexibility index (Phi) is 3.04. The molecule has 2 aliphatic heterocycles. The Balaban J connectivity index is 1.83. The minimum absolute atomic E-state index is 0.0303. The number of ether oxygens (including phenoxy) is 2. The molecule has 2 heterocycles. The van der Waals surface area contributed by atoms with Crippen LogP contribution in [0.2, 0.25) is 0 Å². The Hall–Kier alpha value is -1.06. The standard InChI is InChI=1S/C15H21NO2/c1-15(2)6-5-12-9-11(3-4-13(12)18-15)14-10-16-7-8-17-14/h3-4,9,14,16H,5-8,10H2,1-2H3. The molecule has 18 heavy (non-hydrogen) atoms. The van der Waals surface area contributed by atoms with Crippen molar-refractivity contribution in [1.29, 1.82) is 0 Å². The van der Waals surface area contributed by atoms with Gasteiger partial charge in [-0.2, -0.15) is 0 Å². The van der Waals surface area contributed by atoms with Gasteiger partial charge in [-0.15, -0.1) is 0 Å². The van der Waals surface area contributed by atoms with E-state index < -0.39 is 0 Å². The fourth-order valence-electron chi connectivity index (χ4n) is 2.66. The second-order valence-electron chi connectivity index (χ2n) is 5.79. The van der Waals surface area contributed by atoms with Gasteiger partial charge in [-0.1, -0.05) is 6.07 Å². The van der Waals surface area contributed by atoms with E-state index in [2.05, 4.69) is 37.4 Å². The van der Waals surface area contributed by atoms with Crippen LogP contribution in [0.4, 0.5) is 0 Å². The first-order chi connectivity index (χ1) is 8.64. The van der Waals surface area contributed by atoms with Gasteiger partial charge >= 0.3 is 0 Å². The third-order valence-electron chi connectivity index (χ3n) is 3.77. The molecule has 3 heteroatoms. The Morgan fingerprint density at radius 2 is 2.22 bits per heavy atom. The highest BCUT2D eigenvalue weighted by atomic mass is 16.5. The van der Waals surface area contributed by atoms with Gasteiger partial charge in [-0.25, -0.2) is 0 Å². The molecule has 1 N–H and O–H groups in total. The fourth-order valence-corrected chi connectivity index (χ4v) is 2.66. The summed E-state index contributed by atoms with van der Waals surface area (Å²) in [6, 6.07) is 6.49. The first kappa shape index (κ1) is 12.0. The van der Waals surface area contributed by atoms with Crippen molar-refractivity contribution < 1.29 is 9.47 Å². The molecule has 1 aromatic carbocycles. The number of hydrogen-bond donors (Lipinski definition) is 1.